The third-order valence-electron chi connectivity index (χ3n) is 3.07. The molecule has 20 heavy (non-hydrogen) atoms. The molecule has 0 aromatic heterocycles. The van der Waals surface area contributed by atoms with Crippen molar-refractivity contribution in [1.82, 2.24) is 10.0 Å². The molecule has 1 aliphatic rings. The highest BCUT2D eigenvalue weighted by atomic mass is 32.2. The van der Waals surface area contributed by atoms with Gasteiger partial charge < -0.3 is 10.4 Å². The van der Waals surface area contributed by atoms with Gasteiger partial charge in [-0.1, -0.05) is 0 Å². The quantitative estimate of drug-likeness (QED) is 0.544. The predicted octanol–water partition coefficient (Wildman–Crippen LogP) is 0.331. The van der Waals surface area contributed by atoms with Crippen LogP contribution in [0.4, 0.5) is 5.69 Å². The van der Waals surface area contributed by atoms with E-state index in [1.54, 1.807) is 0 Å². The van der Waals surface area contributed by atoms with E-state index in [-0.39, 0.29) is 10.9 Å². The van der Waals surface area contributed by atoms with Gasteiger partial charge in [-0.05, 0) is 31.5 Å². The molecule has 8 nitrogen and oxygen atoms in total. The molecule has 0 amide bonds. The van der Waals surface area contributed by atoms with Gasteiger partial charge in [-0.15, -0.1) is 0 Å². The fourth-order valence-electron chi connectivity index (χ4n) is 2.06. The van der Waals surface area contributed by atoms with E-state index in [0.717, 1.165) is 31.2 Å². The van der Waals surface area contributed by atoms with Gasteiger partial charge in [-0.3, -0.25) is 10.1 Å². The number of nitro groups is 1. The monoisotopic (exact) mass is 301 g/mol. The van der Waals surface area contributed by atoms with E-state index in [9.17, 15) is 23.6 Å². The second kappa shape index (κ2) is 5.73. The van der Waals surface area contributed by atoms with Crippen LogP contribution in [0.5, 0.6) is 5.75 Å². The Morgan fingerprint density at radius 2 is 2.20 bits per heavy atom. The van der Waals surface area contributed by atoms with Gasteiger partial charge in [0.25, 0.3) is 0 Å². The number of piperidine rings is 1. The van der Waals surface area contributed by atoms with Gasteiger partial charge in [0.2, 0.25) is 10.0 Å². The van der Waals surface area contributed by atoms with Crippen LogP contribution in [0.2, 0.25) is 0 Å². The molecule has 1 heterocycles. The van der Waals surface area contributed by atoms with Crippen molar-refractivity contribution in [1.29, 1.82) is 0 Å². The molecule has 1 aromatic rings. The molecule has 1 unspecified atom stereocenters. The molecular formula is C11H15N3O5S. The summed E-state index contributed by atoms with van der Waals surface area (Å²) in [6.45, 7) is 1.38. The number of hydrogen-bond donors (Lipinski definition) is 3. The van der Waals surface area contributed by atoms with Crippen LogP contribution < -0.4 is 10.0 Å². The molecule has 1 aliphatic heterocycles. The highest BCUT2D eigenvalue weighted by Gasteiger charge is 2.24. The zero-order chi connectivity index (χ0) is 14.8. The fourth-order valence-corrected chi connectivity index (χ4v) is 3.35. The molecule has 1 fully saturated rings. The third kappa shape index (κ3) is 3.24. The van der Waals surface area contributed by atoms with Crippen molar-refractivity contribution in [3.8, 4) is 5.75 Å². The van der Waals surface area contributed by atoms with Crippen molar-refractivity contribution < 1.29 is 18.4 Å². The molecule has 1 saturated heterocycles. The van der Waals surface area contributed by atoms with Crippen molar-refractivity contribution in [2.75, 3.05) is 13.1 Å². The first-order valence-electron chi connectivity index (χ1n) is 6.10. The van der Waals surface area contributed by atoms with Crippen LogP contribution in [0.25, 0.3) is 0 Å². The number of nitro benzene ring substituents is 1. The fraction of sp³-hybridized carbons (Fsp3) is 0.455. The molecule has 0 saturated carbocycles. The lowest BCUT2D eigenvalue weighted by Crippen LogP contribution is -2.45. The van der Waals surface area contributed by atoms with E-state index in [2.05, 4.69) is 10.0 Å². The van der Waals surface area contributed by atoms with Gasteiger partial charge in [-0.25, -0.2) is 13.1 Å². The maximum Gasteiger partial charge on any atom is 0.312 e. The van der Waals surface area contributed by atoms with Crippen molar-refractivity contribution in [2.45, 2.75) is 23.8 Å². The van der Waals surface area contributed by atoms with Gasteiger partial charge in [-0.2, -0.15) is 0 Å². The molecule has 0 bridgehead atoms. The van der Waals surface area contributed by atoms with Crippen LogP contribution in [0, 0.1) is 10.1 Å². The summed E-state index contributed by atoms with van der Waals surface area (Å²) < 4.78 is 26.8. The largest absolute Gasteiger partial charge is 0.502 e. The van der Waals surface area contributed by atoms with Crippen LogP contribution in [0.3, 0.4) is 0 Å². The van der Waals surface area contributed by atoms with E-state index in [1.165, 1.54) is 0 Å². The average molecular weight is 301 g/mol. The zero-order valence-electron chi connectivity index (χ0n) is 10.6. The summed E-state index contributed by atoms with van der Waals surface area (Å²) >= 11 is 0. The lowest BCUT2D eigenvalue weighted by Gasteiger charge is -2.23. The molecule has 2 rings (SSSR count). The Bertz CT molecular complexity index is 610. The molecule has 1 aromatic carbocycles. The van der Waals surface area contributed by atoms with Crippen molar-refractivity contribution in [3.63, 3.8) is 0 Å². The Morgan fingerprint density at radius 1 is 1.45 bits per heavy atom. The van der Waals surface area contributed by atoms with Crippen LogP contribution in [0.1, 0.15) is 12.8 Å². The standard InChI is InChI=1S/C11H15N3O5S/c15-11-4-3-9(6-10(11)14(16)17)20(18,19)13-8-2-1-5-12-7-8/h3-4,6,8,12-13,15H,1-2,5,7H2. The van der Waals surface area contributed by atoms with Crippen molar-refractivity contribution in [3.05, 3.63) is 28.3 Å². The molecular weight excluding hydrogens is 286 g/mol. The SMILES string of the molecule is O=[N+]([O-])c1cc(S(=O)(=O)NC2CCCNC2)ccc1O. The summed E-state index contributed by atoms with van der Waals surface area (Å²) in [5, 5.41) is 23.1. The summed E-state index contributed by atoms with van der Waals surface area (Å²) in [5.41, 5.74) is -0.630. The molecule has 3 N–H and O–H groups in total. The highest BCUT2D eigenvalue weighted by Crippen LogP contribution is 2.28. The predicted molar refractivity (Wildman–Crippen MR) is 71.0 cm³/mol. The van der Waals surface area contributed by atoms with Crippen LogP contribution in [0.15, 0.2) is 23.1 Å². The average Bonchev–Trinajstić information content (AvgIpc) is 2.39. The van der Waals surface area contributed by atoms with E-state index >= 15 is 0 Å². The van der Waals surface area contributed by atoms with E-state index in [0.29, 0.717) is 13.0 Å². The third-order valence-corrected chi connectivity index (χ3v) is 4.59. The minimum atomic E-state index is -3.84. The number of rotatable bonds is 4. The van der Waals surface area contributed by atoms with E-state index in [4.69, 9.17) is 0 Å². The Labute approximate surface area is 116 Å². The number of phenols is 1. The number of phenolic OH excluding ortho intramolecular Hbond substituents is 1. The number of sulfonamides is 1. The number of nitrogens with one attached hydrogen (secondary N) is 2. The first-order valence-corrected chi connectivity index (χ1v) is 7.59. The van der Waals surface area contributed by atoms with Gasteiger partial charge in [0.05, 0.1) is 9.82 Å². The molecule has 110 valence electrons. The number of aromatic hydroxyl groups is 1. The Balaban J connectivity index is 2.24. The second-order valence-corrected chi connectivity index (χ2v) is 6.29. The summed E-state index contributed by atoms with van der Waals surface area (Å²) in [6, 6.07) is 2.77. The smallest absolute Gasteiger partial charge is 0.312 e. The Morgan fingerprint density at radius 3 is 2.80 bits per heavy atom. The topological polar surface area (TPSA) is 122 Å². The molecule has 9 heteroatoms. The minimum absolute atomic E-state index is 0.229. The number of benzene rings is 1. The zero-order valence-corrected chi connectivity index (χ0v) is 11.4. The molecule has 1 atom stereocenters. The highest BCUT2D eigenvalue weighted by molar-refractivity contribution is 7.89. The van der Waals surface area contributed by atoms with Crippen LogP contribution in [-0.4, -0.2) is 37.6 Å². The lowest BCUT2D eigenvalue weighted by atomic mass is 10.1. The van der Waals surface area contributed by atoms with E-state index < -0.39 is 26.4 Å². The number of nitrogens with zero attached hydrogens (tertiary/aromatic N) is 1. The maximum atomic E-state index is 12.1. The van der Waals surface area contributed by atoms with E-state index in [1.807, 2.05) is 0 Å². The summed E-state index contributed by atoms with van der Waals surface area (Å²) in [5.74, 6) is -0.562. The van der Waals surface area contributed by atoms with Crippen molar-refractivity contribution >= 4 is 15.7 Å². The van der Waals surface area contributed by atoms with Crippen LogP contribution in [-0.2, 0) is 10.0 Å². The number of hydrogen-bond acceptors (Lipinski definition) is 6. The first kappa shape index (κ1) is 14.7. The minimum Gasteiger partial charge on any atom is -0.502 e. The van der Waals surface area contributed by atoms with Gasteiger partial charge in [0.15, 0.2) is 5.75 Å². The van der Waals surface area contributed by atoms with Crippen LogP contribution >= 0.6 is 0 Å². The van der Waals surface area contributed by atoms with Gasteiger partial charge >= 0.3 is 5.69 Å². The summed E-state index contributed by atoms with van der Waals surface area (Å²) in [6.07, 6.45) is 1.58. The summed E-state index contributed by atoms with van der Waals surface area (Å²) in [4.78, 5) is 9.66. The van der Waals surface area contributed by atoms with Gasteiger partial charge in [0.1, 0.15) is 0 Å². The molecule has 0 spiro atoms. The maximum absolute atomic E-state index is 12.1. The Hall–Kier alpha value is -1.71. The first-order chi connectivity index (χ1) is 9.40. The van der Waals surface area contributed by atoms with Gasteiger partial charge in [0, 0.05) is 18.7 Å². The molecule has 0 aliphatic carbocycles. The Kier molecular flexibility index (Phi) is 4.21. The lowest BCUT2D eigenvalue weighted by molar-refractivity contribution is -0.386. The normalized spacial score (nSPS) is 19.7. The second-order valence-electron chi connectivity index (χ2n) is 4.57. The van der Waals surface area contributed by atoms with Crippen molar-refractivity contribution in [2.24, 2.45) is 0 Å². The molecule has 0 radical (unpaired) electrons. The summed E-state index contributed by atoms with van der Waals surface area (Å²) in [7, 11) is -3.84.